The molecule has 2 amide bonds. The van der Waals surface area contributed by atoms with Gasteiger partial charge in [-0.1, -0.05) is 56.3 Å². The Morgan fingerprint density at radius 2 is 1.73 bits per heavy atom. The van der Waals surface area contributed by atoms with E-state index in [0.717, 1.165) is 29.7 Å². The zero-order valence-electron chi connectivity index (χ0n) is 18.6. The van der Waals surface area contributed by atoms with Crippen LogP contribution in [0, 0.1) is 0 Å². The van der Waals surface area contributed by atoms with Gasteiger partial charge >= 0.3 is 0 Å². The van der Waals surface area contributed by atoms with Gasteiger partial charge in [0.2, 0.25) is 11.8 Å². The molecular weight excluding hydrogens is 376 g/mol. The lowest BCUT2D eigenvalue weighted by Gasteiger charge is -2.32. The summed E-state index contributed by atoms with van der Waals surface area (Å²) in [5.74, 6) is 0.611. The SMILES string of the molecule is CCCC(=O)N(Cc1cccc(OC)c1)[C@@H](Cc1ccccc1)C(=O)N[C@H](C)CC. The van der Waals surface area contributed by atoms with Crippen molar-refractivity contribution in [2.45, 2.75) is 65.1 Å². The number of amides is 2. The van der Waals surface area contributed by atoms with Crippen LogP contribution in [0.1, 0.15) is 51.2 Å². The largest absolute Gasteiger partial charge is 0.497 e. The van der Waals surface area contributed by atoms with Crippen molar-refractivity contribution in [3.05, 3.63) is 65.7 Å². The topological polar surface area (TPSA) is 58.6 Å². The molecule has 0 spiro atoms. The smallest absolute Gasteiger partial charge is 0.243 e. The van der Waals surface area contributed by atoms with Gasteiger partial charge < -0.3 is 15.0 Å². The number of ether oxygens (including phenoxy) is 1. The summed E-state index contributed by atoms with van der Waals surface area (Å²) in [4.78, 5) is 28.1. The molecule has 2 atom stereocenters. The van der Waals surface area contributed by atoms with Gasteiger partial charge in [-0.25, -0.2) is 0 Å². The molecule has 30 heavy (non-hydrogen) atoms. The average Bonchev–Trinajstić information content (AvgIpc) is 2.76. The first kappa shape index (κ1) is 23.5. The van der Waals surface area contributed by atoms with Gasteiger partial charge in [-0.2, -0.15) is 0 Å². The lowest BCUT2D eigenvalue weighted by molar-refractivity contribution is -0.141. The summed E-state index contributed by atoms with van der Waals surface area (Å²) in [5.41, 5.74) is 1.97. The molecule has 162 valence electrons. The number of nitrogens with one attached hydrogen (secondary N) is 1. The van der Waals surface area contributed by atoms with Crippen molar-refractivity contribution in [1.29, 1.82) is 0 Å². The highest BCUT2D eigenvalue weighted by Gasteiger charge is 2.30. The van der Waals surface area contributed by atoms with Crippen LogP contribution in [0.5, 0.6) is 5.75 Å². The molecule has 0 saturated heterocycles. The molecule has 0 aliphatic heterocycles. The van der Waals surface area contributed by atoms with Crippen LogP contribution in [0.25, 0.3) is 0 Å². The van der Waals surface area contributed by atoms with Crippen LogP contribution in [-0.2, 0) is 22.6 Å². The number of hydrogen-bond acceptors (Lipinski definition) is 3. The monoisotopic (exact) mass is 410 g/mol. The summed E-state index contributed by atoms with van der Waals surface area (Å²) in [6, 6.07) is 17.0. The maximum atomic E-state index is 13.3. The minimum absolute atomic E-state index is 0.0134. The fourth-order valence-corrected chi connectivity index (χ4v) is 3.32. The average molecular weight is 411 g/mol. The predicted octanol–water partition coefficient (Wildman–Crippen LogP) is 4.35. The molecule has 1 N–H and O–H groups in total. The van der Waals surface area contributed by atoms with Crippen LogP contribution in [0.2, 0.25) is 0 Å². The van der Waals surface area contributed by atoms with Gasteiger partial charge in [-0.05, 0) is 43.0 Å². The third-order valence-corrected chi connectivity index (χ3v) is 5.22. The Bertz CT molecular complexity index is 807. The lowest BCUT2D eigenvalue weighted by Crippen LogP contribution is -2.52. The molecule has 5 heteroatoms. The van der Waals surface area contributed by atoms with E-state index in [4.69, 9.17) is 4.74 Å². The molecule has 2 rings (SSSR count). The molecule has 0 radical (unpaired) electrons. The Morgan fingerprint density at radius 3 is 2.37 bits per heavy atom. The summed E-state index contributed by atoms with van der Waals surface area (Å²) in [6.07, 6.45) is 2.45. The molecule has 0 aromatic heterocycles. The number of nitrogens with zero attached hydrogens (tertiary/aromatic N) is 1. The van der Waals surface area contributed by atoms with Gasteiger partial charge in [0.1, 0.15) is 11.8 Å². The predicted molar refractivity (Wildman–Crippen MR) is 120 cm³/mol. The number of benzene rings is 2. The molecule has 2 aromatic carbocycles. The Balaban J connectivity index is 2.38. The number of carbonyl (C=O) groups is 2. The van der Waals surface area contributed by atoms with Crippen LogP contribution in [0.3, 0.4) is 0 Å². The summed E-state index contributed by atoms with van der Waals surface area (Å²) in [5, 5.41) is 3.08. The van der Waals surface area contributed by atoms with Gasteiger partial charge in [0.05, 0.1) is 7.11 Å². The second-order valence-corrected chi connectivity index (χ2v) is 7.65. The third-order valence-electron chi connectivity index (χ3n) is 5.22. The molecular formula is C25H34N2O3. The van der Waals surface area contributed by atoms with Crippen molar-refractivity contribution in [1.82, 2.24) is 10.2 Å². The Labute approximate surface area is 180 Å². The first-order valence-electron chi connectivity index (χ1n) is 10.7. The van der Waals surface area contributed by atoms with Crippen LogP contribution in [-0.4, -0.2) is 35.9 Å². The van der Waals surface area contributed by atoms with E-state index >= 15 is 0 Å². The van der Waals surface area contributed by atoms with Gasteiger partial charge in [0.15, 0.2) is 0 Å². The van der Waals surface area contributed by atoms with E-state index < -0.39 is 6.04 Å². The minimum atomic E-state index is -0.577. The van der Waals surface area contributed by atoms with Gasteiger partial charge in [-0.15, -0.1) is 0 Å². The Hall–Kier alpha value is -2.82. The molecule has 0 aliphatic rings. The molecule has 0 bridgehead atoms. The van der Waals surface area contributed by atoms with Gasteiger partial charge in [-0.3, -0.25) is 9.59 Å². The zero-order valence-corrected chi connectivity index (χ0v) is 18.6. The van der Waals surface area contributed by atoms with E-state index in [2.05, 4.69) is 5.32 Å². The molecule has 5 nitrogen and oxygen atoms in total. The number of methoxy groups -OCH3 is 1. The van der Waals surface area contributed by atoms with Gasteiger partial charge in [0.25, 0.3) is 0 Å². The molecule has 0 heterocycles. The summed E-state index contributed by atoms with van der Waals surface area (Å²) >= 11 is 0. The lowest BCUT2D eigenvalue weighted by atomic mass is 10.0. The maximum absolute atomic E-state index is 13.3. The quantitative estimate of drug-likeness (QED) is 0.599. The van der Waals surface area contributed by atoms with E-state index in [9.17, 15) is 9.59 Å². The van der Waals surface area contributed by atoms with Crippen molar-refractivity contribution in [2.75, 3.05) is 7.11 Å². The fraction of sp³-hybridized carbons (Fsp3) is 0.440. The first-order valence-corrected chi connectivity index (χ1v) is 10.7. The molecule has 0 aliphatic carbocycles. The van der Waals surface area contributed by atoms with Gasteiger partial charge in [0, 0.05) is 25.4 Å². The summed E-state index contributed by atoms with van der Waals surface area (Å²) in [7, 11) is 1.62. The van der Waals surface area contributed by atoms with Crippen molar-refractivity contribution in [3.8, 4) is 5.75 Å². The summed E-state index contributed by atoms with van der Waals surface area (Å²) in [6.45, 7) is 6.36. The normalized spacial score (nSPS) is 12.7. The fourth-order valence-electron chi connectivity index (χ4n) is 3.32. The molecule has 0 saturated carbocycles. The third kappa shape index (κ3) is 6.90. The number of rotatable bonds is 11. The maximum Gasteiger partial charge on any atom is 0.243 e. The first-order chi connectivity index (χ1) is 14.5. The molecule has 0 unspecified atom stereocenters. The van der Waals surface area contributed by atoms with E-state index in [0.29, 0.717) is 19.4 Å². The molecule has 0 fully saturated rings. The highest BCUT2D eigenvalue weighted by atomic mass is 16.5. The van der Waals surface area contributed by atoms with Crippen molar-refractivity contribution in [2.24, 2.45) is 0 Å². The van der Waals surface area contributed by atoms with Crippen LogP contribution in [0.15, 0.2) is 54.6 Å². The van der Waals surface area contributed by atoms with Crippen molar-refractivity contribution >= 4 is 11.8 Å². The molecule has 2 aromatic rings. The second-order valence-electron chi connectivity index (χ2n) is 7.65. The van der Waals surface area contributed by atoms with Crippen molar-refractivity contribution < 1.29 is 14.3 Å². The second kappa shape index (κ2) is 12.0. The van der Waals surface area contributed by atoms with E-state index in [1.54, 1.807) is 12.0 Å². The van der Waals surface area contributed by atoms with Crippen LogP contribution in [0.4, 0.5) is 0 Å². The Kier molecular flexibility index (Phi) is 9.39. The summed E-state index contributed by atoms with van der Waals surface area (Å²) < 4.78 is 5.33. The standard InChI is InChI=1S/C25H34N2O3/c1-5-11-24(28)27(18-21-14-10-15-22(16-21)30-4)23(25(29)26-19(3)6-2)17-20-12-8-7-9-13-20/h7-10,12-16,19,23H,5-6,11,17-18H2,1-4H3,(H,26,29)/t19-,23+/m1/s1. The van der Waals surface area contributed by atoms with Crippen LogP contribution < -0.4 is 10.1 Å². The van der Waals surface area contributed by atoms with E-state index in [1.165, 1.54) is 0 Å². The van der Waals surface area contributed by atoms with Crippen molar-refractivity contribution in [3.63, 3.8) is 0 Å². The van der Waals surface area contributed by atoms with Crippen LogP contribution >= 0.6 is 0 Å². The highest BCUT2D eigenvalue weighted by Crippen LogP contribution is 2.19. The minimum Gasteiger partial charge on any atom is -0.497 e. The highest BCUT2D eigenvalue weighted by molar-refractivity contribution is 5.88. The number of carbonyl (C=O) groups excluding carboxylic acids is 2. The Morgan fingerprint density at radius 1 is 1.03 bits per heavy atom. The zero-order chi connectivity index (χ0) is 21.9. The van der Waals surface area contributed by atoms with E-state index in [1.807, 2.05) is 75.4 Å². The number of hydrogen-bond donors (Lipinski definition) is 1. The van der Waals surface area contributed by atoms with E-state index in [-0.39, 0.29) is 17.9 Å².